The summed E-state index contributed by atoms with van der Waals surface area (Å²) in [6.45, 7) is 5.63. The molecule has 2 N–H and O–H groups in total. The van der Waals surface area contributed by atoms with Crippen LogP contribution in [0.5, 0.6) is 0 Å². The molecule has 0 saturated carbocycles. The summed E-state index contributed by atoms with van der Waals surface area (Å²) in [5.74, 6) is 0. The molecular formula is C15H24N2. The van der Waals surface area contributed by atoms with Crippen molar-refractivity contribution in [2.45, 2.75) is 51.6 Å². The van der Waals surface area contributed by atoms with E-state index in [-0.39, 0.29) is 6.04 Å². The Kier molecular flexibility index (Phi) is 4.06. The van der Waals surface area contributed by atoms with E-state index in [2.05, 4.69) is 43.0 Å². The molecule has 1 unspecified atom stereocenters. The van der Waals surface area contributed by atoms with E-state index in [4.69, 9.17) is 5.73 Å². The number of nitrogens with zero attached hydrogens (tertiary/aromatic N) is 1. The summed E-state index contributed by atoms with van der Waals surface area (Å²) < 4.78 is 0. The van der Waals surface area contributed by atoms with Gasteiger partial charge in [-0.3, -0.25) is 0 Å². The number of hydrogen-bond acceptors (Lipinski definition) is 2. The summed E-state index contributed by atoms with van der Waals surface area (Å²) in [7, 11) is 0. The number of benzene rings is 1. The molecule has 1 aliphatic rings. The number of rotatable bonds is 4. The van der Waals surface area contributed by atoms with Gasteiger partial charge in [-0.1, -0.05) is 32.0 Å². The predicted molar refractivity (Wildman–Crippen MR) is 74.3 cm³/mol. The lowest BCUT2D eigenvalue weighted by molar-refractivity contribution is 0.635. The van der Waals surface area contributed by atoms with Crippen molar-refractivity contribution in [2.24, 2.45) is 5.73 Å². The second-order valence-electron chi connectivity index (χ2n) is 4.97. The maximum Gasteiger partial charge on any atom is 0.0417 e. The van der Waals surface area contributed by atoms with Crippen molar-refractivity contribution in [1.82, 2.24) is 0 Å². The molecular weight excluding hydrogens is 208 g/mol. The quantitative estimate of drug-likeness (QED) is 0.861. The molecule has 2 rings (SSSR count). The van der Waals surface area contributed by atoms with Crippen molar-refractivity contribution in [1.29, 1.82) is 0 Å². The van der Waals surface area contributed by atoms with E-state index >= 15 is 0 Å². The molecule has 0 radical (unpaired) electrons. The van der Waals surface area contributed by atoms with E-state index in [0.29, 0.717) is 6.04 Å². The molecule has 1 heterocycles. The Bertz CT molecular complexity index is 362. The van der Waals surface area contributed by atoms with Gasteiger partial charge < -0.3 is 10.6 Å². The van der Waals surface area contributed by atoms with Gasteiger partial charge in [-0.05, 0) is 37.3 Å². The SMILES string of the molecule is CCC1CCCN1c1ccccc1[C@H](N)CC. The molecule has 0 bridgehead atoms. The average molecular weight is 232 g/mol. The topological polar surface area (TPSA) is 29.3 Å². The van der Waals surface area contributed by atoms with Crippen molar-refractivity contribution in [3.63, 3.8) is 0 Å². The van der Waals surface area contributed by atoms with Crippen molar-refractivity contribution < 1.29 is 0 Å². The zero-order chi connectivity index (χ0) is 12.3. The van der Waals surface area contributed by atoms with Crippen LogP contribution in [0.4, 0.5) is 5.69 Å². The average Bonchev–Trinajstić information content (AvgIpc) is 2.86. The van der Waals surface area contributed by atoms with Crippen LogP contribution in [0.2, 0.25) is 0 Å². The summed E-state index contributed by atoms with van der Waals surface area (Å²) in [5.41, 5.74) is 8.90. The van der Waals surface area contributed by atoms with Crippen LogP contribution in [0.15, 0.2) is 24.3 Å². The monoisotopic (exact) mass is 232 g/mol. The van der Waals surface area contributed by atoms with Crippen LogP contribution < -0.4 is 10.6 Å². The minimum absolute atomic E-state index is 0.171. The van der Waals surface area contributed by atoms with E-state index in [0.717, 1.165) is 6.42 Å². The molecule has 1 saturated heterocycles. The van der Waals surface area contributed by atoms with E-state index < -0.39 is 0 Å². The first-order valence-corrected chi connectivity index (χ1v) is 6.89. The zero-order valence-electron chi connectivity index (χ0n) is 11.0. The Balaban J connectivity index is 2.31. The molecule has 0 aliphatic carbocycles. The minimum Gasteiger partial charge on any atom is -0.368 e. The molecule has 0 aromatic heterocycles. The van der Waals surface area contributed by atoms with Gasteiger partial charge in [0, 0.05) is 24.3 Å². The number of anilines is 1. The summed E-state index contributed by atoms with van der Waals surface area (Å²) >= 11 is 0. The molecule has 1 fully saturated rings. The van der Waals surface area contributed by atoms with Crippen LogP contribution >= 0.6 is 0 Å². The molecule has 2 atom stereocenters. The van der Waals surface area contributed by atoms with Crippen LogP contribution in [0, 0.1) is 0 Å². The van der Waals surface area contributed by atoms with E-state index in [1.54, 1.807) is 0 Å². The molecule has 1 aromatic carbocycles. The number of nitrogens with two attached hydrogens (primary N) is 1. The van der Waals surface area contributed by atoms with Crippen molar-refractivity contribution in [3.05, 3.63) is 29.8 Å². The lowest BCUT2D eigenvalue weighted by Crippen LogP contribution is -2.30. The van der Waals surface area contributed by atoms with Gasteiger partial charge in [-0.2, -0.15) is 0 Å². The van der Waals surface area contributed by atoms with Gasteiger partial charge in [0.15, 0.2) is 0 Å². The summed E-state index contributed by atoms with van der Waals surface area (Å²) in [5, 5.41) is 0. The van der Waals surface area contributed by atoms with Gasteiger partial charge in [0.1, 0.15) is 0 Å². The van der Waals surface area contributed by atoms with Gasteiger partial charge in [0.25, 0.3) is 0 Å². The number of hydrogen-bond donors (Lipinski definition) is 1. The third-order valence-electron chi connectivity index (χ3n) is 3.93. The second-order valence-corrected chi connectivity index (χ2v) is 4.97. The lowest BCUT2D eigenvalue weighted by Gasteiger charge is -2.29. The fourth-order valence-corrected chi connectivity index (χ4v) is 2.86. The first-order valence-electron chi connectivity index (χ1n) is 6.89. The Morgan fingerprint density at radius 2 is 2.12 bits per heavy atom. The molecule has 0 amide bonds. The third kappa shape index (κ3) is 2.47. The fourth-order valence-electron chi connectivity index (χ4n) is 2.86. The lowest BCUT2D eigenvalue weighted by atomic mass is 10.0. The summed E-state index contributed by atoms with van der Waals surface area (Å²) in [4.78, 5) is 2.56. The first kappa shape index (κ1) is 12.4. The van der Waals surface area contributed by atoms with Crippen molar-refractivity contribution in [3.8, 4) is 0 Å². The highest BCUT2D eigenvalue weighted by Crippen LogP contribution is 2.33. The normalized spacial score (nSPS) is 21.8. The van der Waals surface area contributed by atoms with Gasteiger partial charge >= 0.3 is 0 Å². The largest absolute Gasteiger partial charge is 0.368 e. The minimum atomic E-state index is 0.171. The fraction of sp³-hybridized carbons (Fsp3) is 0.600. The molecule has 0 spiro atoms. The molecule has 17 heavy (non-hydrogen) atoms. The van der Waals surface area contributed by atoms with E-state index in [9.17, 15) is 0 Å². The third-order valence-corrected chi connectivity index (χ3v) is 3.93. The maximum absolute atomic E-state index is 6.22. The van der Waals surface area contributed by atoms with Crippen molar-refractivity contribution in [2.75, 3.05) is 11.4 Å². The smallest absolute Gasteiger partial charge is 0.0417 e. The number of para-hydroxylation sites is 1. The molecule has 1 aliphatic heterocycles. The van der Waals surface area contributed by atoms with Crippen LogP contribution in [-0.4, -0.2) is 12.6 Å². The highest BCUT2D eigenvalue weighted by atomic mass is 15.2. The standard InChI is InChI=1S/C15H24N2/c1-3-12-8-7-11-17(12)15-10-6-5-9-13(15)14(16)4-2/h5-6,9-10,12,14H,3-4,7-8,11,16H2,1-2H3/t12?,14-/m1/s1. The second kappa shape index (κ2) is 5.54. The van der Waals surface area contributed by atoms with Gasteiger partial charge in [0.05, 0.1) is 0 Å². The van der Waals surface area contributed by atoms with Gasteiger partial charge in [0.2, 0.25) is 0 Å². The van der Waals surface area contributed by atoms with Crippen molar-refractivity contribution >= 4 is 5.69 Å². The van der Waals surface area contributed by atoms with E-state index in [1.165, 1.54) is 37.1 Å². The Hall–Kier alpha value is -1.02. The van der Waals surface area contributed by atoms with Crippen LogP contribution in [-0.2, 0) is 0 Å². The Morgan fingerprint density at radius 3 is 2.82 bits per heavy atom. The molecule has 2 heteroatoms. The predicted octanol–water partition coefficient (Wildman–Crippen LogP) is 3.48. The Morgan fingerprint density at radius 1 is 1.35 bits per heavy atom. The molecule has 94 valence electrons. The highest BCUT2D eigenvalue weighted by Gasteiger charge is 2.25. The molecule has 2 nitrogen and oxygen atoms in total. The van der Waals surface area contributed by atoms with E-state index in [1.807, 2.05) is 0 Å². The highest BCUT2D eigenvalue weighted by molar-refractivity contribution is 5.56. The first-order chi connectivity index (χ1) is 8.27. The van der Waals surface area contributed by atoms with Crippen LogP contribution in [0.3, 0.4) is 0 Å². The summed E-state index contributed by atoms with van der Waals surface area (Å²) in [6, 6.07) is 9.54. The Labute approximate surface area is 105 Å². The maximum atomic E-state index is 6.22. The van der Waals surface area contributed by atoms with Gasteiger partial charge in [-0.25, -0.2) is 0 Å². The van der Waals surface area contributed by atoms with Crippen LogP contribution in [0.1, 0.15) is 51.1 Å². The zero-order valence-corrected chi connectivity index (χ0v) is 11.0. The van der Waals surface area contributed by atoms with Gasteiger partial charge in [-0.15, -0.1) is 0 Å². The summed E-state index contributed by atoms with van der Waals surface area (Å²) in [6.07, 6.45) is 4.87. The van der Waals surface area contributed by atoms with Crippen LogP contribution in [0.25, 0.3) is 0 Å². The molecule has 1 aromatic rings.